The van der Waals surface area contributed by atoms with Crippen LogP contribution in [0.15, 0.2) is 24.3 Å². The average molecular weight is 234 g/mol. The molecule has 1 atom stereocenters. The van der Waals surface area contributed by atoms with Gasteiger partial charge in [-0.15, -0.1) is 0 Å². The Hall–Kier alpha value is -1.06. The van der Waals surface area contributed by atoms with E-state index in [1.165, 1.54) is 12.0 Å². The minimum absolute atomic E-state index is 0.357. The Morgan fingerprint density at radius 3 is 2.88 bits per heavy atom. The van der Waals surface area contributed by atoms with Crippen molar-refractivity contribution in [3.8, 4) is 5.75 Å². The van der Waals surface area contributed by atoms with Crippen molar-refractivity contribution in [2.24, 2.45) is 0 Å². The van der Waals surface area contributed by atoms with Crippen molar-refractivity contribution >= 4 is 0 Å². The van der Waals surface area contributed by atoms with Crippen LogP contribution in [0.25, 0.3) is 0 Å². The maximum absolute atomic E-state index is 9.50. The summed E-state index contributed by atoms with van der Waals surface area (Å²) in [5.41, 5.74) is 1.19. The van der Waals surface area contributed by atoms with E-state index in [2.05, 4.69) is 30.1 Å². The highest BCUT2D eigenvalue weighted by Gasteiger charge is 2.24. The summed E-state index contributed by atoms with van der Waals surface area (Å²) in [6, 6.07) is 8.73. The van der Waals surface area contributed by atoms with E-state index >= 15 is 0 Å². The molecule has 2 N–H and O–H groups in total. The zero-order chi connectivity index (χ0) is 12.3. The van der Waals surface area contributed by atoms with E-state index in [1.807, 2.05) is 12.1 Å². The van der Waals surface area contributed by atoms with Crippen LogP contribution >= 0.6 is 0 Å². The van der Waals surface area contributed by atoms with Gasteiger partial charge in [-0.1, -0.05) is 12.1 Å². The molecule has 0 amide bonds. The van der Waals surface area contributed by atoms with Gasteiger partial charge in [-0.25, -0.2) is 0 Å². The van der Waals surface area contributed by atoms with Crippen molar-refractivity contribution in [3.63, 3.8) is 0 Å². The number of hydrogen-bond acceptors (Lipinski definition) is 3. The fraction of sp³-hybridized carbons (Fsp3) is 0.571. The maximum atomic E-state index is 9.50. The summed E-state index contributed by atoms with van der Waals surface area (Å²) in [4.78, 5) is 2.51. The van der Waals surface area contributed by atoms with E-state index in [4.69, 9.17) is 0 Å². The molecule has 94 valence electrons. The number of hydrogen-bond donors (Lipinski definition) is 2. The summed E-state index contributed by atoms with van der Waals surface area (Å²) < 4.78 is 0. The highest BCUT2D eigenvalue weighted by molar-refractivity contribution is 5.27. The van der Waals surface area contributed by atoms with Gasteiger partial charge in [-0.3, -0.25) is 4.90 Å². The van der Waals surface area contributed by atoms with Gasteiger partial charge < -0.3 is 10.4 Å². The monoisotopic (exact) mass is 234 g/mol. The number of nitrogens with one attached hydrogen (secondary N) is 1. The first-order valence-electron chi connectivity index (χ1n) is 6.41. The van der Waals surface area contributed by atoms with Crippen LogP contribution in [0.5, 0.6) is 5.75 Å². The lowest BCUT2D eigenvalue weighted by atomic mass is 10.1. The first-order valence-corrected chi connectivity index (χ1v) is 6.41. The Labute approximate surface area is 103 Å². The normalized spacial score (nSPS) is 20.4. The predicted octanol–water partition coefficient (Wildman–Crippen LogP) is 1.96. The van der Waals surface area contributed by atoms with Gasteiger partial charge in [-0.05, 0) is 44.5 Å². The Kier molecular flexibility index (Phi) is 4.02. The molecule has 1 unspecified atom stereocenters. The van der Waals surface area contributed by atoms with Gasteiger partial charge in [0.05, 0.1) is 0 Å². The maximum Gasteiger partial charge on any atom is 0.115 e. The van der Waals surface area contributed by atoms with Gasteiger partial charge in [0.25, 0.3) is 0 Å². The molecule has 0 radical (unpaired) electrons. The van der Waals surface area contributed by atoms with Crippen LogP contribution in [0.3, 0.4) is 0 Å². The van der Waals surface area contributed by atoms with Crippen molar-refractivity contribution in [1.82, 2.24) is 10.2 Å². The third-order valence-corrected chi connectivity index (χ3v) is 3.44. The minimum Gasteiger partial charge on any atom is -0.508 e. The molecule has 17 heavy (non-hydrogen) atoms. The number of phenols is 1. The van der Waals surface area contributed by atoms with Gasteiger partial charge in [0.15, 0.2) is 0 Å². The fourth-order valence-corrected chi connectivity index (χ4v) is 2.52. The van der Waals surface area contributed by atoms with Crippen LogP contribution in [-0.2, 0) is 6.54 Å². The van der Waals surface area contributed by atoms with Crippen LogP contribution in [0.2, 0.25) is 0 Å². The third-order valence-electron chi connectivity index (χ3n) is 3.44. The van der Waals surface area contributed by atoms with Crippen LogP contribution < -0.4 is 5.32 Å². The highest BCUT2D eigenvalue weighted by Crippen LogP contribution is 2.18. The molecule has 0 aromatic heterocycles. The van der Waals surface area contributed by atoms with Crippen LogP contribution in [0.1, 0.15) is 25.8 Å². The lowest BCUT2D eigenvalue weighted by molar-refractivity contribution is 0.154. The second kappa shape index (κ2) is 5.52. The van der Waals surface area contributed by atoms with Gasteiger partial charge in [0.1, 0.15) is 5.75 Å². The highest BCUT2D eigenvalue weighted by atomic mass is 16.3. The molecule has 1 aromatic rings. The average Bonchev–Trinajstić information content (AvgIpc) is 2.78. The number of phenolic OH excluding ortho intramolecular Hbond substituents is 1. The Morgan fingerprint density at radius 2 is 2.29 bits per heavy atom. The molecule has 1 fully saturated rings. The Balaban J connectivity index is 2.07. The van der Waals surface area contributed by atoms with Gasteiger partial charge in [-0.2, -0.15) is 0 Å². The summed E-state index contributed by atoms with van der Waals surface area (Å²) in [5, 5.41) is 12.9. The second-order valence-electron chi connectivity index (χ2n) is 5.08. The molecule has 0 bridgehead atoms. The number of benzene rings is 1. The second-order valence-corrected chi connectivity index (χ2v) is 5.08. The Morgan fingerprint density at radius 1 is 1.47 bits per heavy atom. The standard InChI is InChI=1S/C14H22N2O/c1-11(2)16(13-6-7-15-9-13)10-12-4-3-5-14(17)8-12/h3-5,8,11,13,15,17H,6-7,9-10H2,1-2H3. The lowest BCUT2D eigenvalue weighted by Crippen LogP contribution is -2.41. The number of aromatic hydroxyl groups is 1. The van der Waals surface area contributed by atoms with Gasteiger partial charge in [0, 0.05) is 25.2 Å². The summed E-state index contributed by atoms with van der Waals surface area (Å²) >= 11 is 0. The molecule has 0 saturated carbocycles. The molecule has 0 aliphatic carbocycles. The van der Waals surface area contributed by atoms with Crippen molar-refractivity contribution < 1.29 is 5.11 Å². The molecular formula is C14H22N2O. The van der Waals surface area contributed by atoms with E-state index in [1.54, 1.807) is 6.07 Å². The summed E-state index contributed by atoms with van der Waals surface area (Å²) in [6.45, 7) is 7.59. The van der Waals surface area contributed by atoms with Crippen molar-refractivity contribution in [3.05, 3.63) is 29.8 Å². The molecule has 1 aromatic carbocycles. The van der Waals surface area contributed by atoms with E-state index in [0.717, 1.165) is 19.6 Å². The summed E-state index contributed by atoms with van der Waals surface area (Å²) in [6.07, 6.45) is 1.22. The van der Waals surface area contributed by atoms with E-state index in [9.17, 15) is 5.11 Å². The van der Waals surface area contributed by atoms with Crippen LogP contribution in [0, 0.1) is 0 Å². The lowest BCUT2D eigenvalue weighted by Gasteiger charge is -2.32. The molecule has 3 nitrogen and oxygen atoms in total. The SMILES string of the molecule is CC(C)N(Cc1cccc(O)c1)C1CCNC1. The molecule has 2 rings (SSSR count). The minimum atomic E-state index is 0.357. The number of nitrogens with zero attached hydrogens (tertiary/aromatic N) is 1. The molecule has 0 spiro atoms. The van der Waals surface area contributed by atoms with Crippen molar-refractivity contribution in [2.75, 3.05) is 13.1 Å². The van der Waals surface area contributed by atoms with E-state index in [0.29, 0.717) is 17.8 Å². The first-order chi connectivity index (χ1) is 8.16. The van der Waals surface area contributed by atoms with Crippen LogP contribution in [-0.4, -0.2) is 35.2 Å². The fourth-order valence-electron chi connectivity index (χ4n) is 2.52. The quantitative estimate of drug-likeness (QED) is 0.836. The van der Waals surface area contributed by atoms with Crippen LogP contribution in [0.4, 0.5) is 0 Å². The molecular weight excluding hydrogens is 212 g/mol. The zero-order valence-electron chi connectivity index (χ0n) is 10.7. The number of rotatable bonds is 4. The van der Waals surface area contributed by atoms with E-state index in [-0.39, 0.29) is 0 Å². The first kappa shape index (κ1) is 12.4. The van der Waals surface area contributed by atoms with Crippen molar-refractivity contribution in [1.29, 1.82) is 0 Å². The molecule has 1 heterocycles. The molecule has 1 saturated heterocycles. The Bertz CT molecular complexity index is 359. The van der Waals surface area contributed by atoms with Gasteiger partial charge >= 0.3 is 0 Å². The summed E-state index contributed by atoms with van der Waals surface area (Å²) in [7, 11) is 0. The molecule has 3 heteroatoms. The molecule has 1 aliphatic heterocycles. The van der Waals surface area contributed by atoms with Crippen molar-refractivity contribution in [2.45, 2.75) is 38.9 Å². The van der Waals surface area contributed by atoms with E-state index < -0.39 is 0 Å². The summed E-state index contributed by atoms with van der Waals surface area (Å²) in [5.74, 6) is 0.357. The topological polar surface area (TPSA) is 35.5 Å². The predicted molar refractivity (Wildman–Crippen MR) is 70.1 cm³/mol. The zero-order valence-corrected chi connectivity index (χ0v) is 10.7. The third kappa shape index (κ3) is 3.20. The molecule has 1 aliphatic rings. The van der Waals surface area contributed by atoms with Gasteiger partial charge in [0.2, 0.25) is 0 Å². The smallest absolute Gasteiger partial charge is 0.115 e. The largest absolute Gasteiger partial charge is 0.508 e.